The lowest BCUT2D eigenvalue weighted by Crippen LogP contribution is -2.25. The minimum atomic E-state index is -0.833. The van der Waals surface area contributed by atoms with Crippen molar-refractivity contribution < 1.29 is 14.7 Å². The molecule has 2 N–H and O–H groups in total. The van der Waals surface area contributed by atoms with Crippen LogP contribution in [-0.2, 0) is 4.79 Å². The number of amides is 1. The van der Waals surface area contributed by atoms with Crippen molar-refractivity contribution in [3.63, 3.8) is 0 Å². The van der Waals surface area contributed by atoms with Crippen LogP contribution in [-0.4, -0.2) is 23.5 Å². The number of nitrogens with one attached hydrogen (secondary N) is 1. The monoisotopic (exact) mass is 303 g/mol. The van der Waals surface area contributed by atoms with Gasteiger partial charge < -0.3 is 10.4 Å². The van der Waals surface area contributed by atoms with Gasteiger partial charge in [-0.3, -0.25) is 9.59 Å². The zero-order valence-corrected chi connectivity index (χ0v) is 12.0. The highest BCUT2D eigenvalue weighted by molar-refractivity contribution is 6.39. The molecule has 1 aromatic carbocycles. The molecule has 19 heavy (non-hydrogen) atoms. The van der Waals surface area contributed by atoms with Crippen LogP contribution in [0, 0.1) is 5.92 Å². The summed E-state index contributed by atoms with van der Waals surface area (Å²) < 4.78 is 0. The molecule has 0 fully saturated rings. The number of carbonyl (C=O) groups is 2. The third kappa shape index (κ3) is 4.73. The van der Waals surface area contributed by atoms with E-state index in [9.17, 15) is 9.59 Å². The molecule has 1 amide bonds. The molecular formula is C13H15Cl2NO3. The van der Waals surface area contributed by atoms with Gasteiger partial charge >= 0.3 is 5.97 Å². The Hall–Kier alpha value is -1.26. The maximum atomic E-state index is 11.9. The number of carboxylic acids is 1. The number of aliphatic carboxylic acids is 1. The molecule has 0 saturated carbocycles. The Bertz CT molecular complexity index is 457. The van der Waals surface area contributed by atoms with E-state index in [4.69, 9.17) is 28.3 Å². The van der Waals surface area contributed by atoms with Gasteiger partial charge in [-0.1, -0.05) is 36.2 Å². The predicted octanol–water partition coefficient (Wildman–Crippen LogP) is 3.22. The van der Waals surface area contributed by atoms with Crippen LogP contribution in [0.5, 0.6) is 0 Å². The van der Waals surface area contributed by atoms with Crippen LogP contribution in [0.4, 0.5) is 0 Å². The Morgan fingerprint density at radius 3 is 2.42 bits per heavy atom. The van der Waals surface area contributed by atoms with E-state index in [0.29, 0.717) is 29.4 Å². The van der Waals surface area contributed by atoms with E-state index in [0.717, 1.165) is 0 Å². The summed E-state index contributed by atoms with van der Waals surface area (Å²) in [6.45, 7) is 2.02. The highest BCUT2D eigenvalue weighted by atomic mass is 35.5. The SMILES string of the molecule is CC(CCCNC(=O)c1c(Cl)cccc1Cl)C(=O)O. The van der Waals surface area contributed by atoms with Crippen molar-refractivity contribution in [1.29, 1.82) is 0 Å². The van der Waals surface area contributed by atoms with Crippen molar-refractivity contribution in [1.82, 2.24) is 5.32 Å². The minimum Gasteiger partial charge on any atom is -0.481 e. The van der Waals surface area contributed by atoms with Crippen LogP contribution in [0.15, 0.2) is 18.2 Å². The smallest absolute Gasteiger partial charge is 0.306 e. The van der Waals surface area contributed by atoms with Gasteiger partial charge in [0.1, 0.15) is 0 Å². The van der Waals surface area contributed by atoms with Crippen molar-refractivity contribution in [3.05, 3.63) is 33.8 Å². The standard InChI is InChI=1S/C13H15Cl2NO3/c1-8(13(18)19)4-3-7-16-12(17)11-9(14)5-2-6-10(11)15/h2,5-6,8H,3-4,7H2,1H3,(H,16,17)(H,18,19). The number of benzene rings is 1. The van der Waals surface area contributed by atoms with Gasteiger partial charge in [0.25, 0.3) is 5.91 Å². The third-order valence-corrected chi connectivity index (χ3v) is 3.34. The highest BCUT2D eigenvalue weighted by Gasteiger charge is 2.14. The van der Waals surface area contributed by atoms with Crippen molar-refractivity contribution in [3.8, 4) is 0 Å². The van der Waals surface area contributed by atoms with Crippen LogP contribution in [0.25, 0.3) is 0 Å². The fourth-order valence-electron chi connectivity index (χ4n) is 1.54. The molecule has 0 saturated heterocycles. The molecule has 6 heteroatoms. The number of carboxylic acid groups (broad SMARTS) is 1. The van der Waals surface area contributed by atoms with Crippen LogP contribution in [0.1, 0.15) is 30.1 Å². The second-order valence-corrected chi connectivity index (χ2v) is 5.05. The van der Waals surface area contributed by atoms with E-state index < -0.39 is 11.9 Å². The summed E-state index contributed by atoms with van der Waals surface area (Å²) in [5.41, 5.74) is 0.247. The lowest BCUT2D eigenvalue weighted by molar-refractivity contribution is -0.141. The predicted molar refractivity (Wildman–Crippen MR) is 74.8 cm³/mol. The molecular weight excluding hydrogens is 289 g/mol. The zero-order chi connectivity index (χ0) is 14.4. The quantitative estimate of drug-likeness (QED) is 0.793. The van der Waals surface area contributed by atoms with Crippen molar-refractivity contribution >= 4 is 35.1 Å². The van der Waals surface area contributed by atoms with Crippen molar-refractivity contribution in [2.24, 2.45) is 5.92 Å². The summed E-state index contributed by atoms with van der Waals surface area (Å²) in [5.74, 6) is -1.60. The second kappa shape index (κ2) is 7.36. The summed E-state index contributed by atoms with van der Waals surface area (Å²) in [6, 6.07) is 4.85. The lowest BCUT2D eigenvalue weighted by Gasteiger charge is -2.09. The second-order valence-electron chi connectivity index (χ2n) is 4.23. The average Bonchev–Trinajstić information content (AvgIpc) is 2.34. The Morgan fingerprint density at radius 2 is 1.89 bits per heavy atom. The molecule has 4 nitrogen and oxygen atoms in total. The molecule has 0 bridgehead atoms. The Labute approximate surface area is 121 Å². The normalized spacial score (nSPS) is 11.9. The highest BCUT2D eigenvalue weighted by Crippen LogP contribution is 2.23. The molecule has 104 valence electrons. The summed E-state index contributed by atoms with van der Waals surface area (Å²) in [6.07, 6.45) is 1.09. The van der Waals surface area contributed by atoms with Crippen LogP contribution < -0.4 is 5.32 Å². The third-order valence-electron chi connectivity index (χ3n) is 2.71. The Balaban J connectivity index is 2.46. The van der Waals surface area contributed by atoms with Gasteiger partial charge in [-0.25, -0.2) is 0 Å². The minimum absolute atomic E-state index is 0.247. The van der Waals surface area contributed by atoms with E-state index >= 15 is 0 Å². The maximum Gasteiger partial charge on any atom is 0.306 e. The molecule has 0 aliphatic carbocycles. The summed E-state index contributed by atoms with van der Waals surface area (Å²) in [5, 5.41) is 12.0. The molecule has 1 aromatic rings. The van der Waals surface area contributed by atoms with Crippen molar-refractivity contribution in [2.45, 2.75) is 19.8 Å². The lowest BCUT2D eigenvalue weighted by atomic mass is 10.1. The van der Waals surface area contributed by atoms with Crippen LogP contribution >= 0.6 is 23.2 Å². The first-order valence-electron chi connectivity index (χ1n) is 5.88. The van der Waals surface area contributed by atoms with Gasteiger partial charge in [-0.15, -0.1) is 0 Å². The van der Waals surface area contributed by atoms with Gasteiger partial charge in [0.2, 0.25) is 0 Å². The molecule has 1 rings (SSSR count). The molecule has 1 atom stereocenters. The molecule has 0 aliphatic heterocycles. The molecule has 0 heterocycles. The van der Waals surface area contributed by atoms with Gasteiger partial charge in [0, 0.05) is 6.54 Å². The molecule has 0 aliphatic rings. The number of rotatable bonds is 6. The topological polar surface area (TPSA) is 66.4 Å². The van der Waals surface area contributed by atoms with E-state index in [1.807, 2.05) is 0 Å². The van der Waals surface area contributed by atoms with Gasteiger partial charge in [-0.05, 0) is 25.0 Å². The number of carbonyl (C=O) groups excluding carboxylic acids is 1. The Kier molecular flexibility index (Phi) is 6.12. The van der Waals surface area contributed by atoms with Gasteiger partial charge in [-0.2, -0.15) is 0 Å². The first-order chi connectivity index (χ1) is 8.93. The zero-order valence-electron chi connectivity index (χ0n) is 10.5. The van der Waals surface area contributed by atoms with E-state index in [1.54, 1.807) is 25.1 Å². The average molecular weight is 304 g/mol. The number of hydrogen-bond donors (Lipinski definition) is 2. The van der Waals surface area contributed by atoms with Crippen LogP contribution in [0.2, 0.25) is 10.0 Å². The first-order valence-corrected chi connectivity index (χ1v) is 6.64. The van der Waals surface area contributed by atoms with Crippen LogP contribution in [0.3, 0.4) is 0 Å². The number of halogens is 2. The molecule has 0 spiro atoms. The number of hydrogen-bond acceptors (Lipinski definition) is 2. The summed E-state index contributed by atoms with van der Waals surface area (Å²) >= 11 is 11.8. The van der Waals surface area contributed by atoms with E-state index in [2.05, 4.69) is 5.32 Å². The summed E-state index contributed by atoms with van der Waals surface area (Å²) in [7, 11) is 0. The van der Waals surface area contributed by atoms with E-state index in [-0.39, 0.29) is 11.5 Å². The fraction of sp³-hybridized carbons (Fsp3) is 0.385. The largest absolute Gasteiger partial charge is 0.481 e. The molecule has 1 unspecified atom stereocenters. The fourth-order valence-corrected chi connectivity index (χ4v) is 2.11. The molecule has 0 radical (unpaired) electrons. The van der Waals surface area contributed by atoms with Gasteiger partial charge in [0.05, 0.1) is 21.5 Å². The van der Waals surface area contributed by atoms with E-state index in [1.165, 1.54) is 0 Å². The Morgan fingerprint density at radius 1 is 1.32 bits per heavy atom. The van der Waals surface area contributed by atoms with Gasteiger partial charge in [0.15, 0.2) is 0 Å². The first kappa shape index (κ1) is 15.8. The van der Waals surface area contributed by atoms with Crippen molar-refractivity contribution in [2.75, 3.05) is 6.54 Å². The maximum absolute atomic E-state index is 11.9. The summed E-state index contributed by atoms with van der Waals surface area (Å²) in [4.78, 5) is 22.5. The molecule has 0 aromatic heterocycles.